The smallest absolute Gasteiger partial charge is 0.335 e. The molecule has 1 aromatic rings. The Balaban J connectivity index is 1.84. The Hall–Kier alpha value is -1.72. The van der Waals surface area contributed by atoms with Gasteiger partial charge >= 0.3 is 12.2 Å². The van der Waals surface area contributed by atoms with Crippen LogP contribution in [0.2, 0.25) is 0 Å². The first-order valence-corrected chi connectivity index (χ1v) is 7.55. The number of hydrogen-bond donors (Lipinski definition) is 2. The van der Waals surface area contributed by atoms with Crippen molar-refractivity contribution in [1.29, 1.82) is 0 Å². The first-order valence-electron chi connectivity index (χ1n) is 7.55. The minimum absolute atomic E-state index is 0.0311. The maximum absolute atomic E-state index is 12.8. The molecule has 2 amide bonds. The summed E-state index contributed by atoms with van der Waals surface area (Å²) in [5.74, 6) is -1.31. The summed E-state index contributed by atoms with van der Waals surface area (Å²) in [6.07, 6.45) is -2.96. The van der Waals surface area contributed by atoms with Crippen LogP contribution in [0.1, 0.15) is 44.2 Å². The van der Waals surface area contributed by atoms with E-state index < -0.39 is 24.2 Å². The van der Waals surface area contributed by atoms with Crippen molar-refractivity contribution >= 4 is 6.03 Å². The lowest BCUT2D eigenvalue weighted by Gasteiger charge is -2.31. The van der Waals surface area contributed by atoms with Crippen LogP contribution in [-0.4, -0.2) is 18.2 Å². The van der Waals surface area contributed by atoms with E-state index in [1.54, 1.807) is 0 Å². The number of benzene rings is 1. The summed E-state index contributed by atoms with van der Waals surface area (Å²) in [6, 6.07) is 8.41. The Morgan fingerprint density at radius 1 is 1.23 bits per heavy atom. The molecule has 3 nitrogen and oxygen atoms in total. The maximum Gasteiger partial charge on any atom is 0.391 e. The predicted molar refractivity (Wildman–Crippen MR) is 78.3 cm³/mol. The molecule has 122 valence electrons. The summed E-state index contributed by atoms with van der Waals surface area (Å²) < 4.78 is 38.3. The third-order valence-corrected chi connectivity index (χ3v) is 4.12. The van der Waals surface area contributed by atoms with Crippen molar-refractivity contribution in [2.75, 3.05) is 0 Å². The Morgan fingerprint density at radius 3 is 2.55 bits per heavy atom. The second-order valence-electron chi connectivity index (χ2n) is 5.85. The summed E-state index contributed by atoms with van der Waals surface area (Å²) in [5, 5.41) is 5.44. The monoisotopic (exact) mass is 314 g/mol. The van der Waals surface area contributed by atoms with Gasteiger partial charge in [-0.25, -0.2) is 4.79 Å². The summed E-state index contributed by atoms with van der Waals surface area (Å²) in [5.41, 5.74) is 0.953. The van der Waals surface area contributed by atoms with Crippen molar-refractivity contribution in [2.45, 2.75) is 50.9 Å². The van der Waals surface area contributed by atoms with Gasteiger partial charge in [-0.15, -0.1) is 0 Å². The maximum atomic E-state index is 12.8. The van der Waals surface area contributed by atoms with Gasteiger partial charge in [0.15, 0.2) is 0 Å². The molecule has 6 heteroatoms. The molecule has 1 aliphatic carbocycles. The molecule has 0 unspecified atom stereocenters. The quantitative estimate of drug-likeness (QED) is 0.864. The van der Waals surface area contributed by atoms with Crippen LogP contribution in [-0.2, 0) is 0 Å². The Kier molecular flexibility index (Phi) is 5.32. The zero-order chi connectivity index (χ0) is 16.2. The van der Waals surface area contributed by atoms with Gasteiger partial charge in [-0.2, -0.15) is 13.2 Å². The number of hydrogen-bond acceptors (Lipinski definition) is 1. The van der Waals surface area contributed by atoms with Crippen LogP contribution >= 0.6 is 0 Å². The highest BCUT2D eigenvalue weighted by Crippen LogP contribution is 2.37. The lowest BCUT2D eigenvalue weighted by atomic mass is 9.85. The number of halogens is 3. The van der Waals surface area contributed by atoms with Gasteiger partial charge in [0.25, 0.3) is 0 Å². The molecule has 0 heterocycles. The number of nitrogens with one attached hydrogen (secondary N) is 2. The van der Waals surface area contributed by atoms with E-state index >= 15 is 0 Å². The first-order chi connectivity index (χ1) is 10.4. The lowest BCUT2D eigenvalue weighted by Crippen LogP contribution is -2.46. The van der Waals surface area contributed by atoms with Crippen LogP contribution in [0, 0.1) is 5.92 Å². The molecule has 1 saturated carbocycles. The number of urea groups is 1. The van der Waals surface area contributed by atoms with E-state index in [9.17, 15) is 18.0 Å². The Labute approximate surface area is 128 Å². The van der Waals surface area contributed by atoms with E-state index in [-0.39, 0.29) is 18.9 Å². The molecule has 0 radical (unpaired) electrons. The lowest BCUT2D eigenvalue weighted by molar-refractivity contribution is -0.183. The fourth-order valence-electron chi connectivity index (χ4n) is 2.87. The van der Waals surface area contributed by atoms with Crippen molar-refractivity contribution in [3.05, 3.63) is 35.9 Å². The zero-order valence-corrected chi connectivity index (χ0v) is 12.5. The molecule has 2 rings (SSSR count). The molecule has 0 spiro atoms. The van der Waals surface area contributed by atoms with Crippen LogP contribution in [0.25, 0.3) is 0 Å². The number of carbonyl (C=O) groups excluding carboxylic acids is 1. The minimum atomic E-state index is -4.17. The molecular formula is C16H21F3N2O. The largest absolute Gasteiger partial charge is 0.391 e. The molecule has 0 aromatic heterocycles. The number of amides is 2. The average Bonchev–Trinajstić information content (AvgIpc) is 2.47. The first kappa shape index (κ1) is 16.6. The molecule has 0 bridgehead atoms. The summed E-state index contributed by atoms with van der Waals surface area (Å²) >= 11 is 0. The SMILES string of the molecule is C[C@H](NC(=O)N[C@H]1CCC[C@@H](C(F)(F)F)C1)c1ccccc1. The second-order valence-corrected chi connectivity index (χ2v) is 5.85. The number of alkyl halides is 3. The van der Waals surface area contributed by atoms with Gasteiger partial charge in [-0.1, -0.05) is 36.8 Å². The summed E-state index contributed by atoms with van der Waals surface area (Å²) in [7, 11) is 0. The topological polar surface area (TPSA) is 41.1 Å². The van der Waals surface area contributed by atoms with Crippen molar-refractivity contribution in [3.63, 3.8) is 0 Å². The average molecular weight is 314 g/mol. The molecule has 22 heavy (non-hydrogen) atoms. The highest BCUT2D eigenvalue weighted by atomic mass is 19.4. The Morgan fingerprint density at radius 2 is 1.91 bits per heavy atom. The molecule has 1 fully saturated rings. The fraction of sp³-hybridized carbons (Fsp3) is 0.562. The molecule has 2 N–H and O–H groups in total. The molecule has 0 saturated heterocycles. The number of carbonyl (C=O) groups is 1. The van der Waals surface area contributed by atoms with Gasteiger partial charge in [-0.3, -0.25) is 0 Å². The van der Waals surface area contributed by atoms with Gasteiger partial charge in [0, 0.05) is 6.04 Å². The zero-order valence-electron chi connectivity index (χ0n) is 12.5. The molecule has 1 aliphatic rings. The van der Waals surface area contributed by atoms with E-state index in [0.717, 1.165) is 5.56 Å². The fourth-order valence-corrected chi connectivity index (χ4v) is 2.87. The summed E-state index contributed by atoms with van der Waals surface area (Å²) in [6.45, 7) is 1.84. The van der Waals surface area contributed by atoms with E-state index in [0.29, 0.717) is 12.8 Å². The van der Waals surface area contributed by atoms with E-state index in [1.807, 2.05) is 37.3 Å². The standard InChI is InChI=1S/C16H21F3N2O/c1-11(12-6-3-2-4-7-12)20-15(22)21-14-9-5-8-13(10-14)16(17,18)19/h2-4,6-7,11,13-14H,5,8-10H2,1H3,(H2,20,21,22)/t11-,13+,14-/m0/s1. The van der Waals surface area contributed by atoms with Gasteiger partial charge in [0.2, 0.25) is 0 Å². The van der Waals surface area contributed by atoms with Crippen LogP contribution in [0.15, 0.2) is 30.3 Å². The molecule has 1 aromatic carbocycles. The van der Waals surface area contributed by atoms with E-state index in [2.05, 4.69) is 10.6 Å². The van der Waals surface area contributed by atoms with Crippen molar-refractivity contribution in [2.24, 2.45) is 5.92 Å². The van der Waals surface area contributed by atoms with E-state index in [1.165, 1.54) is 0 Å². The molecule has 0 aliphatic heterocycles. The highest BCUT2D eigenvalue weighted by Gasteiger charge is 2.42. The van der Waals surface area contributed by atoms with Crippen molar-refractivity contribution in [1.82, 2.24) is 10.6 Å². The van der Waals surface area contributed by atoms with Gasteiger partial charge < -0.3 is 10.6 Å². The normalized spacial score (nSPS) is 23.6. The third-order valence-electron chi connectivity index (χ3n) is 4.12. The Bertz CT molecular complexity index is 490. The number of rotatable bonds is 3. The van der Waals surface area contributed by atoms with Crippen molar-refractivity contribution < 1.29 is 18.0 Å². The van der Waals surface area contributed by atoms with Gasteiger partial charge in [-0.05, 0) is 31.7 Å². The van der Waals surface area contributed by atoms with Crippen LogP contribution in [0.4, 0.5) is 18.0 Å². The summed E-state index contributed by atoms with van der Waals surface area (Å²) in [4.78, 5) is 11.9. The molecular weight excluding hydrogens is 293 g/mol. The van der Waals surface area contributed by atoms with Gasteiger partial charge in [0.05, 0.1) is 12.0 Å². The van der Waals surface area contributed by atoms with Crippen LogP contribution in [0.3, 0.4) is 0 Å². The minimum Gasteiger partial charge on any atom is -0.335 e. The molecule has 3 atom stereocenters. The van der Waals surface area contributed by atoms with E-state index in [4.69, 9.17) is 0 Å². The third kappa shape index (κ3) is 4.64. The van der Waals surface area contributed by atoms with Crippen LogP contribution in [0.5, 0.6) is 0 Å². The van der Waals surface area contributed by atoms with Crippen molar-refractivity contribution in [3.8, 4) is 0 Å². The van der Waals surface area contributed by atoms with Gasteiger partial charge in [0.1, 0.15) is 0 Å². The van der Waals surface area contributed by atoms with Crippen LogP contribution < -0.4 is 10.6 Å². The second kappa shape index (κ2) is 7.03. The predicted octanol–water partition coefficient (Wildman–Crippen LogP) is 4.17. The highest BCUT2D eigenvalue weighted by molar-refractivity contribution is 5.74.